The minimum atomic E-state index is -0.350. The van der Waals surface area contributed by atoms with Crippen molar-refractivity contribution in [3.8, 4) is 0 Å². The SMILES string of the molecule is CC1=CC2=NC(=O)c3cnn(C4CCOCC4)c3C2=CC1C(=O)N1CCC(OCC2CC2)CC1. The molecular weight excluding hydrogens is 432 g/mol. The number of carbonyl (C=O) groups excluding carboxylic acids is 2. The van der Waals surface area contributed by atoms with Gasteiger partial charge in [-0.15, -0.1) is 0 Å². The van der Waals surface area contributed by atoms with Crippen LogP contribution in [0.3, 0.4) is 0 Å². The van der Waals surface area contributed by atoms with Gasteiger partial charge in [-0.25, -0.2) is 4.99 Å². The van der Waals surface area contributed by atoms with Gasteiger partial charge < -0.3 is 14.4 Å². The van der Waals surface area contributed by atoms with Crippen molar-refractivity contribution in [2.75, 3.05) is 32.9 Å². The first-order valence-corrected chi connectivity index (χ1v) is 12.7. The van der Waals surface area contributed by atoms with Crippen LogP contribution in [0, 0.1) is 11.8 Å². The number of rotatable bonds is 5. The summed E-state index contributed by atoms with van der Waals surface area (Å²) in [5.74, 6) is 0.273. The summed E-state index contributed by atoms with van der Waals surface area (Å²) in [5.41, 5.74) is 3.74. The molecular formula is C26H32N4O4. The molecule has 2 saturated heterocycles. The van der Waals surface area contributed by atoms with Crippen molar-refractivity contribution in [2.45, 2.75) is 57.6 Å². The van der Waals surface area contributed by atoms with Crippen LogP contribution < -0.4 is 0 Å². The number of piperidine rings is 1. The third-order valence-electron chi connectivity index (χ3n) is 7.79. The largest absolute Gasteiger partial charge is 0.381 e. The Kier molecular flexibility index (Phi) is 5.73. The van der Waals surface area contributed by atoms with Gasteiger partial charge >= 0.3 is 0 Å². The molecule has 2 aliphatic carbocycles. The Morgan fingerprint density at radius 1 is 1.15 bits per heavy atom. The molecule has 1 saturated carbocycles. The second kappa shape index (κ2) is 8.89. The molecule has 6 rings (SSSR count). The highest BCUT2D eigenvalue weighted by Gasteiger charge is 2.37. The number of allylic oxidation sites excluding steroid dienone is 2. The van der Waals surface area contributed by atoms with Crippen LogP contribution in [-0.4, -0.2) is 71.2 Å². The molecule has 34 heavy (non-hydrogen) atoms. The molecule has 8 nitrogen and oxygen atoms in total. The standard InChI is InChI=1S/C26H32N4O4/c1-16-12-23-21(24-22(25(31)28-23)14-27-30(24)18-6-10-33-11-7-18)13-20(16)26(32)29-8-4-19(5-9-29)34-15-17-2-3-17/h12-14,17-20H,2-11,15H2,1H3. The van der Waals surface area contributed by atoms with Gasteiger partial charge in [-0.1, -0.05) is 11.6 Å². The van der Waals surface area contributed by atoms with E-state index in [1.807, 2.05) is 28.7 Å². The van der Waals surface area contributed by atoms with Crippen molar-refractivity contribution in [2.24, 2.45) is 16.8 Å². The highest BCUT2D eigenvalue weighted by molar-refractivity contribution is 6.36. The fourth-order valence-corrected chi connectivity index (χ4v) is 5.49. The summed E-state index contributed by atoms with van der Waals surface area (Å²) in [6, 6.07) is 0.182. The van der Waals surface area contributed by atoms with E-state index in [2.05, 4.69) is 10.1 Å². The van der Waals surface area contributed by atoms with Crippen molar-refractivity contribution >= 4 is 23.1 Å². The van der Waals surface area contributed by atoms with E-state index in [4.69, 9.17) is 9.47 Å². The van der Waals surface area contributed by atoms with Crippen LogP contribution >= 0.6 is 0 Å². The van der Waals surface area contributed by atoms with Crippen LogP contribution in [0.25, 0.3) is 5.57 Å². The lowest BCUT2D eigenvalue weighted by Gasteiger charge is -2.35. The fourth-order valence-electron chi connectivity index (χ4n) is 5.49. The summed E-state index contributed by atoms with van der Waals surface area (Å²) in [4.78, 5) is 32.6. The average molecular weight is 465 g/mol. The lowest BCUT2D eigenvalue weighted by Crippen LogP contribution is -2.44. The highest BCUT2D eigenvalue weighted by Crippen LogP contribution is 2.37. The molecule has 0 radical (unpaired) electrons. The Labute approximate surface area is 199 Å². The van der Waals surface area contributed by atoms with Crippen LogP contribution in [-0.2, 0) is 14.3 Å². The van der Waals surface area contributed by atoms with Gasteiger partial charge in [-0.3, -0.25) is 14.3 Å². The van der Waals surface area contributed by atoms with E-state index >= 15 is 0 Å². The van der Waals surface area contributed by atoms with Gasteiger partial charge in [0.1, 0.15) is 0 Å². The zero-order valence-electron chi connectivity index (χ0n) is 19.7. The van der Waals surface area contributed by atoms with Crippen molar-refractivity contribution in [1.29, 1.82) is 0 Å². The minimum absolute atomic E-state index is 0.122. The molecule has 1 aromatic rings. The van der Waals surface area contributed by atoms with Gasteiger partial charge in [0.2, 0.25) is 5.91 Å². The maximum absolute atomic E-state index is 13.6. The summed E-state index contributed by atoms with van der Waals surface area (Å²) in [7, 11) is 0. The Bertz CT molecular complexity index is 1080. The van der Waals surface area contributed by atoms with Crippen LogP contribution in [0.1, 0.15) is 67.5 Å². The number of likely N-dealkylation sites (tertiary alicyclic amines) is 1. The smallest absolute Gasteiger partial charge is 0.281 e. The van der Waals surface area contributed by atoms with Crippen LogP contribution in [0.2, 0.25) is 0 Å². The number of hydrogen-bond acceptors (Lipinski definition) is 5. The lowest BCUT2D eigenvalue weighted by atomic mass is 9.84. The molecule has 0 spiro atoms. The molecule has 5 aliphatic rings. The summed E-state index contributed by atoms with van der Waals surface area (Å²) in [6.45, 7) is 5.66. The van der Waals surface area contributed by atoms with E-state index in [9.17, 15) is 9.59 Å². The molecule has 1 unspecified atom stereocenters. The molecule has 3 fully saturated rings. The molecule has 1 atom stereocenters. The number of nitrogens with zero attached hydrogens (tertiary/aromatic N) is 4. The van der Waals surface area contributed by atoms with E-state index in [1.165, 1.54) is 12.8 Å². The molecule has 2 amide bonds. The van der Waals surface area contributed by atoms with Crippen LogP contribution in [0.15, 0.2) is 28.9 Å². The Morgan fingerprint density at radius 2 is 1.91 bits per heavy atom. The van der Waals surface area contributed by atoms with Gasteiger partial charge in [-0.05, 0) is 57.4 Å². The maximum atomic E-state index is 13.6. The van der Waals surface area contributed by atoms with E-state index in [0.29, 0.717) is 24.5 Å². The van der Waals surface area contributed by atoms with E-state index < -0.39 is 0 Å². The van der Waals surface area contributed by atoms with Crippen LogP contribution in [0.5, 0.6) is 0 Å². The topological polar surface area (TPSA) is 86.0 Å². The number of aromatic nitrogens is 2. The summed E-state index contributed by atoms with van der Waals surface area (Å²) >= 11 is 0. The Morgan fingerprint density at radius 3 is 2.65 bits per heavy atom. The Hall–Kier alpha value is -2.58. The number of fused-ring (bicyclic) bond motifs is 3. The molecule has 0 bridgehead atoms. The highest BCUT2D eigenvalue weighted by atomic mass is 16.5. The van der Waals surface area contributed by atoms with Crippen molar-refractivity contribution in [1.82, 2.24) is 14.7 Å². The second-order valence-corrected chi connectivity index (χ2v) is 10.2. The first-order valence-electron chi connectivity index (χ1n) is 12.7. The first-order chi connectivity index (χ1) is 16.6. The van der Waals surface area contributed by atoms with E-state index in [-0.39, 0.29) is 29.9 Å². The summed E-state index contributed by atoms with van der Waals surface area (Å²) in [6.07, 6.45) is 11.9. The predicted molar refractivity (Wildman–Crippen MR) is 127 cm³/mol. The second-order valence-electron chi connectivity index (χ2n) is 10.2. The molecule has 4 heterocycles. The normalized spacial score (nSPS) is 25.9. The fraction of sp³-hybridized carbons (Fsp3) is 0.615. The zero-order chi connectivity index (χ0) is 23.2. The van der Waals surface area contributed by atoms with Gasteiger partial charge in [-0.2, -0.15) is 5.10 Å². The quantitative estimate of drug-likeness (QED) is 0.668. The number of hydrogen-bond donors (Lipinski definition) is 0. The first kappa shape index (κ1) is 21.9. The molecule has 0 aromatic carbocycles. The van der Waals surface area contributed by atoms with Crippen LogP contribution in [0.4, 0.5) is 0 Å². The van der Waals surface area contributed by atoms with E-state index in [0.717, 1.165) is 68.1 Å². The van der Waals surface area contributed by atoms with E-state index in [1.54, 1.807) is 6.20 Å². The average Bonchev–Trinajstić information content (AvgIpc) is 3.58. The number of amides is 2. The minimum Gasteiger partial charge on any atom is -0.381 e. The maximum Gasteiger partial charge on any atom is 0.281 e. The predicted octanol–water partition coefficient (Wildman–Crippen LogP) is 3.21. The lowest BCUT2D eigenvalue weighted by molar-refractivity contribution is -0.135. The third kappa shape index (κ3) is 4.07. The molecule has 3 aliphatic heterocycles. The van der Waals surface area contributed by atoms with Gasteiger partial charge in [0.25, 0.3) is 5.91 Å². The van der Waals surface area contributed by atoms with Gasteiger partial charge in [0.05, 0.1) is 41.2 Å². The van der Waals surface area contributed by atoms with Crippen molar-refractivity contribution < 1.29 is 19.1 Å². The molecule has 8 heteroatoms. The number of ether oxygens (including phenoxy) is 2. The van der Waals surface area contributed by atoms with Crippen molar-refractivity contribution in [3.63, 3.8) is 0 Å². The molecule has 0 N–H and O–H groups in total. The zero-order valence-corrected chi connectivity index (χ0v) is 19.7. The van der Waals surface area contributed by atoms with Crippen molar-refractivity contribution in [3.05, 3.63) is 35.2 Å². The third-order valence-corrected chi connectivity index (χ3v) is 7.79. The Balaban J connectivity index is 1.23. The number of carbonyl (C=O) groups is 2. The number of aliphatic imine (C=N–C) groups is 1. The van der Waals surface area contributed by atoms with Gasteiger partial charge in [0.15, 0.2) is 0 Å². The summed E-state index contributed by atoms with van der Waals surface area (Å²) < 4.78 is 13.5. The monoisotopic (exact) mass is 464 g/mol. The molecule has 180 valence electrons. The molecule has 1 aromatic heterocycles. The summed E-state index contributed by atoms with van der Waals surface area (Å²) in [5, 5.41) is 4.58. The van der Waals surface area contributed by atoms with Gasteiger partial charge in [0, 0.05) is 38.5 Å².